The predicted molar refractivity (Wildman–Crippen MR) is 50.5 cm³/mol. The van der Waals surface area contributed by atoms with Crippen molar-refractivity contribution >= 4 is 5.97 Å². The van der Waals surface area contributed by atoms with Crippen LogP contribution in [0.2, 0.25) is 0 Å². The van der Waals surface area contributed by atoms with Crippen molar-refractivity contribution in [1.29, 1.82) is 0 Å². The van der Waals surface area contributed by atoms with E-state index in [0.29, 0.717) is 5.56 Å². The van der Waals surface area contributed by atoms with Gasteiger partial charge in [0.25, 0.3) is 0 Å². The van der Waals surface area contributed by atoms with E-state index < -0.39 is 0 Å². The van der Waals surface area contributed by atoms with E-state index in [1.807, 2.05) is 6.07 Å². The average Bonchev–Trinajstić information content (AvgIpc) is 2.19. The van der Waals surface area contributed by atoms with E-state index in [1.165, 1.54) is 7.11 Å². The minimum atomic E-state index is -0.291. The van der Waals surface area contributed by atoms with Gasteiger partial charge in [-0.2, -0.15) is 0 Å². The highest BCUT2D eigenvalue weighted by atomic mass is 16.5. The summed E-state index contributed by atoms with van der Waals surface area (Å²) in [6, 6.07) is 8.88. The fourth-order valence-corrected chi connectivity index (χ4v) is 0.692. The van der Waals surface area contributed by atoms with Crippen LogP contribution in [0.4, 0.5) is 0 Å². The molecule has 0 atom stereocenters. The molecule has 0 radical (unpaired) electrons. The van der Waals surface area contributed by atoms with Crippen LogP contribution in [0.3, 0.4) is 0 Å². The van der Waals surface area contributed by atoms with Crippen LogP contribution in [-0.4, -0.2) is 24.8 Å². The van der Waals surface area contributed by atoms with Crippen molar-refractivity contribution in [2.75, 3.05) is 13.7 Å². The quantitative estimate of drug-likeness (QED) is 0.669. The first-order valence-electron chi connectivity index (χ1n) is 4.00. The Morgan fingerprint density at radius 1 is 1.38 bits per heavy atom. The number of carbonyl (C=O) groups excluding carboxylic acids is 1. The van der Waals surface area contributed by atoms with Crippen LogP contribution in [0.25, 0.3) is 0 Å². The highest BCUT2D eigenvalue weighted by Gasteiger charge is 2.00. The van der Waals surface area contributed by atoms with Crippen LogP contribution in [0.15, 0.2) is 30.3 Å². The average molecular weight is 182 g/mol. The van der Waals surface area contributed by atoms with Crippen molar-refractivity contribution in [2.45, 2.75) is 6.92 Å². The lowest BCUT2D eigenvalue weighted by Crippen LogP contribution is -1.99. The van der Waals surface area contributed by atoms with Gasteiger partial charge >= 0.3 is 5.97 Å². The molecule has 0 saturated heterocycles. The summed E-state index contributed by atoms with van der Waals surface area (Å²) in [7, 11) is 1.37. The molecule has 0 aromatic heterocycles. The Labute approximate surface area is 78.0 Å². The van der Waals surface area contributed by atoms with E-state index in [2.05, 4.69) is 4.74 Å². The minimum Gasteiger partial charge on any atom is -0.465 e. The summed E-state index contributed by atoms with van der Waals surface area (Å²) in [6.45, 7) is 1.93. The highest BCUT2D eigenvalue weighted by Crippen LogP contribution is 1.98. The number of rotatable bonds is 1. The van der Waals surface area contributed by atoms with Gasteiger partial charge in [-0.05, 0) is 19.1 Å². The highest BCUT2D eigenvalue weighted by molar-refractivity contribution is 5.89. The van der Waals surface area contributed by atoms with Gasteiger partial charge in [-0.15, -0.1) is 0 Å². The molecular weight excluding hydrogens is 168 g/mol. The summed E-state index contributed by atoms with van der Waals surface area (Å²) in [5, 5.41) is 7.57. The van der Waals surface area contributed by atoms with E-state index in [1.54, 1.807) is 31.2 Å². The van der Waals surface area contributed by atoms with Gasteiger partial charge in [0.2, 0.25) is 0 Å². The van der Waals surface area contributed by atoms with E-state index in [4.69, 9.17) is 5.11 Å². The standard InChI is InChI=1S/C8H8O2.C2H6O/c1-10-8(9)7-5-3-2-4-6-7;1-2-3/h2-6H,1H3;3H,2H2,1H3. The Bertz CT molecular complexity index is 231. The van der Waals surface area contributed by atoms with Crippen molar-refractivity contribution in [1.82, 2.24) is 0 Å². The Balaban J connectivity index is 0.000000424. The molecule has 1 aromatic carbocycles. The van der Waals surface area contributed by atoms with Gasteiger partial charge in [-0.3, -0.25) is 0 Å². The molecule has 1 aromatic rings. The van der Waals surface area contributed by atoms with E-state index in [0.717, 1.165) is 0 Å². The second-order valence-electron chi connectivity index (χ2n) is 2.17. The topological polar surface area (TPSA) is 46.5 Å². The van der Waals surface area contributed by atoms with Gasteiger partial charge in [0.1, 0.15) is 0 Å². The van der Waals surface area contributed by atoms with Gasteiger partial charge in [-0.1, -0.05) is 18.2 Å². The molecule has 1 rings (SSSR count). The number of ether oxygens (including phenoxy) is 1. The molecule has 0 saturated carbocycles. The molecule has 0 fully saturated rings. The van der Waals surface area contributed by atoms with Gasteiger partial charge in [0.05, 0.1) is 12.7 Å². The molecule has 0 heterocycles. The van der Waals surface area contributed by atoms with Crippen LogP contribution in [0, 0.1) is 0 Å². The Hall–Kier alpha value is -1.35. The predicted octanol–water partition coefficient (Wildman–Crippen LogP) is 1.47. The fourth-order valence-electron chi connectivity index (χ4n) is 0.692. The lowest BCUT2D eigenvalue weighted by molar-refractivity contribution is 0.0600. The zero-order valence-electron chi connectivity index (χ0n) is 7.86. The first-order valence-corrected chi connectivity index (χ1v) is 4.00. The third-order valence-electron chi connectivity index (χ3n) is 1.19. The molecular formula is C10H14O3. The smallest absolute Gasteiger partial charge is 0.337 e. The van der Waals surface area contributed by atoms with Crippen LogP contribution in [-0.2, 0) is 4.74 Å². The Morgan fingerprint density at radius 2 is 1.85 bits per heavy atom. The molecule has 3 heteroatoms. The third-order valence-corrected chi connectivity index (χ3v) is 1.19. The second kappa shape index (κ2) is 7.31. The summed E-state index contributed by atoms with van der Waals surface area (Å²) in [5.41, 5.74) is 0.588. The number of carbonyl (C=O) groups is 1. The number of methoxy groups -OCH3 is 1. The Kier molecular flexibility index (Phi) is 6.55. The summed E-state index contributed by atoms with van der Waals surface area (Å²) in [5.74, 6) is -0.291. The van der Waals surface area contributed by atoms with Crippen LogP contribution < -0.4 is 0 Å². The molecule has 72 valence electrons. The van der Waals surface area contributed by atoms with Gasteiger partial charge in [0.15, 0.2) is 0 Å². The maximum Gasteiger partial charge on any atom is 0.337 e. The molecule has 0 aliphatic rings. The second-order valence-corrected chi connectivity index (χ2v) is 2.17. The first kappa shape index (κ1) is 11.6. The van der Waals surface area contributed by atoms with Crippen molar-refractivity contribution in [3.8, 4) is 0 Å². The van der Waals surface area contributed by atoms with Crippen molar-refractivity contribution in [2.24, 2.45) is 0 Å². The summed E-state index contributed by atoms with van der Waals surface area (Å²) >= 11 is 0. The summed E-state index contributed by atoms with van der Waals surface area (Å²) < 4.78 is 4.50. The van der Waals surface area contributed by atoms with Crippen LogP contribution in [0.1, 0.15) is 17.3 Å². The molecule has 3 nitrogen and oxygen atoms in total. The molecule has 0 aliphatic carbocycles. The van der Waals surface area contributed by atoms with Crippen molar-refractivity contribution in [3.05, 3.63) is 35.9 Å². The zero-order valence-corrected chi connectivity index (χ0v) is 7.86. The van der Waals surface area contributed by atoms with Crippen LogP contribution >= 0.6 is 0 Å². The Morgan fingerprint density at radius 3 is 2.23 bits per heavy atom. The molecule has 0 aliphatic heterocycles. The fraction of sp³-hybridized carbons (Fsp3) is 0.300. The maximum absolute atomic E-state index is 10.8. The minimum absolute atomic E-state index is 0.250. The SMILES string of the molecule is CCO.COC(=O)c1ccccc1. The lowest BCUT2D eigenvalue weighted by Gasteiger charge is -1.95. The third kappa shape index (κ3) is 4.98. The normalized spacial score (nSPS) is 8.23. The largest absolute Gasteiger partial charge is 0.465 e. The van der Waals surface area contributed by atoms with Gasteiger partial charge in [0, 0.05) is 6.61 Å². The molecule has 0 bridgehead atoms. The molecule has 0 amide bonds. The van der Waals surface area contributed by atoms with Crippen molar-refractivity contribution in [3.63, 3.8) is 0 Å². The molecule has 13 heavy (non-hydrogen) atoms. The van der Waals surface area contributed by atoms with E-state index in [-0.39, 0.29) is 12.6 Å². The molecule has 0 spiro atoms. The van der Waals surface area contributed by atoms with Crippen LogP contribution in [0.5, 0.6) is 0 Å². The van der Waals surface area contributed by atoms with Gasteiger partial charge < -0.3 is 9.84 Å². The molecule has 0 unspecified atom stereocenters. The zero-order chi connectivity index (χ0) is 10.1. The molecule has 1 N–H and O–H groups in total. The van der Waals surface area contributed by atoms with E-state index in [9.17, 15) is 4.79 Å². The number of benzene rings is 1. The van der Waals surface area contributed by atoms with Crippen molar-refractivity contribution < 1.29 is 14.6 Å². The van der Waals surface area contributed by atoms with E-state index >= 15 is 0 Å². The van der Waals surface area contributed by atoms with Gasteiger partial charge in [-0.25, -0.2) is 4.79 Å². The number of hydrogen-bond donors (Lipinski definition) is 1. The summed E-state index contributed by atoms with van der Waals surface area (Å²) in [6.07, 6.45) is 0. The maximum atomic E-state index is 10.8. The lowest BCUT2D eigenvalue weighted by atomic mass is 10.2. The summed E-state index contributed by atoms with van der Waals surface area (Å²) in [4.78, 5) is 10.8. The number of hydrogen-bond acceptors (Lipinski definition) is 3. The number of aliphatic hydroxyl groups is 1. The number of aliphatic hydroxyl groups excluding tert-OH is 1. The first-order chi connectivity index (χ1) is 6.26. The number of esters is 1. The monoisotopic (exact) mass is 182 g/mol.